The van der Waals surface area contributed by atoms with Crippen LogP contribution in [-0.2, 0) is 27.7 Å². The van der Waals surface area contributed by atoms with E-state index in [1.54, 1.807) is 30.3 Å². The topological polar surface area (TPSA) is 116 Å². The highest BCUT2D eigenvalue weighted by Crippen LogP contribution is 2.12. The third-order valence-electron chi connectivity index (χ3n) is 5.23. The Morgan fingerprint density at radius 3 is 2.53 bits per heavy atom. The molecule has 1 N–H and O–H groups in total. The summed E-state index contributed by atoms with van der Waals surface area (Å²) >= 11 is 5.91. The van der Waals surface area contributed by atoms with Gasteiger partial charge in [0.25, 0.3) is 5.56 Å². The van der Waals surface area contributed by atoms with Crippen LogP contribution in [-0.4, -0.2) is 46.0 Å². The van der Waals surface area contributed by atoms with Gasteiger partial charge in [0.05, 0.1) is 29.9 Å². The van der Waals surface area contributed by atoms with Crippen LogP contribution in [0.4, 0.5) is 0 Å². The fraction of sp³-hybridized carbons (Fsp3) is 0.217. The largest absolute Gasteiger partial charge is 0.354 e. The van der Waals surface area contributed by atoms with Crippen LogP contribution in [0, 0.1) is 0 Å². The lowest BCUT2D eigenvalue weighted by Crippen LogP contribution is -2.29. The minimum atomic E-state index is -3.52. The van der Waals surface area contributed by atoms with Gasteiger partial charge >= 0.3 is 0 Å². The van der Waals surface area contributed by atoms with Gasteiger partial charge in [-0.1, -0.05) is 41.9 Å². The molecule has 0 atom stereocenters. The van der Waals surface area contributed by atoms with E-state index >= 15 is 0 Å². The highest BCUT2D eigenvalue weighted by atomic mass is 35.5. The lowest BCUT2D eigenvalue weighted by molar-refractivity contribution is -0.120. The van der Waals surface area contributed by atoms with Crippen molar-refractivity contribution in [3.05, 3.63) is 88.1 Å². The molecule has 176 valence electrons. The lowest BCUT2D eigenvalue weighted by Gasteiger charge is -2.08. The Balaban J connectivity index is 1.34. The quantitative estimate of drug-likeness (QED) is 0.377. The number of sulfone groups is 1. The Kier molecular flexibility index (Phi) is 7.09. The van der Waals surface area contributed by atoms with Crippen molar-refractivity contribution >= 4 is 38.4 Å². The molecule has 11 heteroatoms. The maximum absolute atomic E-state index is 12.8. The van der Waals surface area contributed by atoms with Crippen molar-refractivity contribution in [2.45, 2.75) is 24.4 Å². The predicted octanol–water partition coefficient (Wildman–Crippen LogP) is 2.27. The van der Waals surface area contributed by atoms with Crippen LogP contribution in [0.15, 0.2) is 76.8 Å². The van der Waals surface area contributed by atoms with Gasteiger partial charge in [0, 0.05) is 18.0 Å². The number of nitrogens with zero attached hydrogens (tertiary/aromatic N) is 4. The maximum Gasteiger partial charge on any atom is 0.264 e. The summed E-state index contributed by atoms with van der Waals surface area (Å²) in [6, 6.07) is 15.2. The Morgan fingerprint density at radius 1 is 1.06 bits per heavy atom. The Labute approximate surface area is 200 Å². The summed E-state index contributed by atoms with van der Waals surface area (Å²) in [5, 5.41) is 7.89. The molecule has 0 unspecified atom stereocenters. The molecule has 9 nitrogen and oxygen atoms in total. The van der Waals surface area contributed by atoms with Crippen LogP contribution in [0.1, 0.15) is 12.0 Å². The zero-order valence-corrected chi connectivity index (χ0v) is 19.7. The minimum Gasteiger partial charge on any atom is -0.354 e. The first kappa shape index (κ1) is 23.7. The summed E-state index contributed by atoms with van der Waals surface area (Å²) in [4.78, 5) is 29.5. The Morgan fingerprint density at radius 2 is 1.79 bits per heavy atom. The molecule has 2 aromatic heterocycles. The molecular formula is C23H22ClN5O4S. The molecule has 0 saturated heterocycles. The number of hydrogen-bond donors (Lipinski definition) is 1. The average Bonchev–Trinajstić information content (AvgIpc) is 3.25. The molecule has 0 saturated carbocycles. The second-order valence-electron chi connectivity index (χ2n) is 7.64. The van der Waals surface area contributed by atoms with Gasteiger partial charge in [-0.3, -0.25) is 14.2 Å². The number of fused-ring (bicyclic) bond motifs is 1. The van der Waals surface area contributed by atoms with Crippen molar-refractivity contribution in [3.8, 4) is 0 Å². The zero-order chi connectivity index (χ0) is 24.1. The summed E-state index contributed by atoms with van der Waals surface area (Å²) in [5.74, 6) is -0.656. The molecule has 4 aromatic rings. The Hall–Kier alpha value is -3.50. The highest BCUT2D eigenvalue weighted by molar-refractivity contribution is 7.91. The van der Waals surface area contributed by atoms with Crippen molar-refractivity contribution in [3.63, 3.8) is 0 Å². The average molecular weight is 500 g/mol. The van der Waals surface area contributed by atoms with Crippen molar-refractivity contribution in [2.75, 3.05) is 12.3 Å². The van der Waals surface area contributed by atoms with E-state index in [1.807, 2.05) is 12.1 Å². The number of benzene rings is 2. The van der Waals surface area contributed by atoms with Gasteiger partial charge < -0.3 is 5.32 Å². The van der Waals surface area contributed by atoms with E-state index in [-0.39, 0.29) is 41.6 Å². The summed E-state index contributed by atoms with van der Waals surface area (Å²) in [6.07, 6.45) is 2.77. The van der Waals surface area contributed by atoms with E-state index in [9.17, 15) is 18.0 Å². The molecule has 0 fully saturated rings. The number of rotatable bonds is 9. The van der Waals surface area contributed by atoms with Gasteiger partial charge in [-0.15, -0.1) is 0 Å². The van der Waals surface area contributed by atoms with E-state index in [1.165, 1.54) is 33.9 Å². The fourth-order valence-electron chi connectivity index (χ4n) is 3.42. The van der Waals surface area contributed by atoms with Crippen LogP contribution in [0.2, 0.25) is 5.02 Å². The monoisotopic (exact) mass is 499 g/mol. The van der Waals surface area contributed by atoms with Gasteiger partial charge in [0.15, 0.2) is 15.5 Å². The molecule has 0 aliphatic carbocycles. The fourth-order valence-corrected chi connectivity index (χ4v) is 4.81. The number of aromatic nitrogens is 4. The van der Waals surface area contributed by atoms with E-state index in [0.717, 1.165) is 5.56 Å². The number of amides is 1. The molecule has 0 spiro atoms. The smallest absolute Gasteiger partial charge is 0.264 e. The SMILES string of the molecule is O=C(CCS(=O)(=O)c1ccccc1)NCCn1ncc2c(=O)n(Cc3ccc(Cl)cc3)cnc21. The molecule has 2 aromatic carbocycles. The Bertz CT molecular complexity index is 1470. The molecular weight excluding hydrogens is 478 g/mol. The van der Waals surface area contributed by atoms with Gasteiger partial charge in [0.1, 0.15) is 11.7 Å². The normalized spacial score (nSPS) is 11.6. The van der Waals surface area contributed by atoms with Gasteiger partial charge in [-0.25, -0.2) is 18.1 Å². The van der Waals surface area contributed by atoms with Crippen molar-refractivity contribution in [1.29, 1.82) is 0 Å². The van der Waals surface area contributed by atoms with Crippen LogP contribution in [0.25, 0.3) is 11.0 Å². The summed E-state index contributed by atoms with van der Waals surface area (Å²) in [5.41, 5.74) is 1.11. The first-order chi connectivity index (χ1) is 16.3. The van der Waals surface area contributed by atoms with E-state index in [4.69, 9.17) is 11.6 Å². The first-order valence-corrected chi connectivity index (χ1v) is 12.6. The van der Waals surface area contributed by atoms with Crippen LogP contribution < -0.4 is 10.9 Å². The van der Waals surface area contributed by atoms with Crippen molar-refractivity contribution in [2.24, 2.45) is 0 Å². The van der Waals surface area contributed by atoms with Gasteiger partial charge in [0.2, 0.25) is 5.91 Å². The van der Waals surface area contributed by atoms with Gasteiger partial charge in [-0.05, 0) is 29.8 Å². The number of carbonyl (C=O) groups is 1. The first-order valence-electron chi connectivity index (χ1n) is 10.5. The van der Waals surface area contributed by atoms with E-state index < -0.39 is 9.84 Å². The second kappa shape index (κ2) is 10.2. The van der Waals surface area contributed by atoms with Crippen LogP contribution in [0.5, 0.6) is 0 Å². The third kappa shape index (κ3) is 5.52. The van der Waals surface area contributed by atoms with Gasteiger partial charge in [-0.2, -0.15) is 5.10 Å². The summed E-state index contributed by atoms with van der Waals surface area (Å²) < 4.78 is 27.6. The maximum atomic E-state index is 12.8. The molecule has 0 aliphatic rings. The third-order valence-corrected chi connectivity index (χ3v) is 7.22. The van der Waals surface area contributed by atoms with E-state index in [2.05, 4.69) is 15.4 Å². The summed E-state index contributed by atoms with van der Waals surface area (Å²) in [7, 11) is -3.52. The number of nitrogens with one attached hydrogen (secondary N) is 1. The van der Waals surface area contributed by atoms with Crippen LogP contribution >= 0.6 is 11.6 Å². The molecule has 1 amide bonds. The number of halogens is 1. The summed E-state index contributed by atoms with van der Waals surface area (Å²) in [6.45, 7) is 0.858. The van der Waals surface area contributed by atoms with E-state index in [0.29, 0.717) is 22.6 Å². The molecule has 0 aliphatic heterocycles. The second-order valence-corrected chi connectivity index (χ2v) is 10.2. The van der Waals surface area contributed by atoms with Crippen molar-refractivity contribution < 1.29 is 13.2 Å². The predicted molar refractivity (Wildman–Crippen MR) is 128 cm³/mol. The minimum absolute atomic E-state index is 0.148. The number of carbonyl (C=O) groups excluding carboxylic acids is 1. The molecule has 0 radical (unpaired) electrons. The standard InChI is InChI=1S/C23H22ClN5O4S/c24-18-8-6-17(7-9-18)15-28-16-26-22-20(23(28)31)14-27-29(22)12-11-25-21(30)10-13-34(32,33)19-4-2-1-3-5-19/h1-9,14,16H,10-13,15H2,(H,25,30). The molecule has 4 rings (SSSR count). The van der Waals surface area contributed by atoms with Crippen LogP contribution in [0.3, 0.4) is 0 Å². The molecule has 34 heavy (non-hydrogen) atoms. The zero-order valence-electron chi connectivity index (χ0n) is 18.1. The lowest BCUT2D eigenvalue weighted by atomic mass is 10.2. The highest BCUT2D eigenvalue weighted by Gasteiger charge is 2.16. The molecule has 0 bridgehead atoms. The molecule has 2 heterocycles. The number of hydrogen-bond acceptors (Lipinski definition) is 6. The van der Waals surface area contributed by atoms with Crippen molar-refractivity contribution in [1.82, 2.24) is 24.6 Å².